The summed E-state index contributed by atoms with van der Waals surface area (Å²) < 4.78 is 40.7. The lowest BCUT2D eigenvalue weighted by molar-refractivity contribution is -0.119. The number of sulfonamides is 1. The first-order valence-corrected chi connectivity index (χ1v) is 11.0. The van der Waals surface area contributed by atoms with Gasteiger partial charge in [-0.05, 0) is 69.0 Å². The summed E-state index contributed by atoms with van der Waals surface area (Å²) in [6.45, 7) is 1.39. The minimum atomic E-state index is -4.02. The highest BCUT2D eigenvalue weighted by atomic mass is 32.2. The van der Waals surface area contributed by atoms with Crippen LogP contribution in [-0.2, 0) is 14.8 Å². The predicted octanol–water partition coefficient (Wildman–Crippen LogP) is 3.77. The van der Waals surface area contributed by atoms with Gasteiger partial charge in [-0.25, -0.2) is 18.2 Å². The maximum atomic E-state index is 13.3. The van der Waals surface area contributed by atoms with Crippen molar-refractivity contribution in [3.63, 3.8) is 0 Å². The number of benzene rings is 2. The molecule has 0 atom stereocenters. The number of rotatable bonds is 6. The maximum absolute atomic E-state index is 13.3. The molecule has 3 rings (SSSR count). The normalized spacial score (nSPS) is 14.3. The van der Waals surface area contributed by atoms with Crippen LogP contribution < -0.4 is 9.73 Å². The highest BCUT2D eigenvalue weighted by Crippen LogP contribution is 2.24. The third kappa shape index (κ3) is 5.41. The third-order valence-corrected chi connectivity index (χ3v) is 6.57. The van der Waals surface area contributed by atoms with Gasteiger partial charge in [0.2, 0.25) is 0 Å². The zero-order valence-electron chi connectivity index (χ0n) is 16.3. The number of hydrogen-bond acceptors (Lipinski definition) is 4. The van der Waals surface area contributed by atoms with Gasteiger partial charge < -0.3 is 0 Å². The van der Waals surface area contributed by atoms with Crippen LogP contribution in [0.3, 0.4) is 0 Å². The highest BCUT2D eigenvalue weighted by Gasteiger charge is 2.27. The predicted molar refractivity (Wildman–Crippen MR) is 111 cm³/mol. The molecule has 2 aromatic rings. The molecule has 1 aliphatic rings. The van der Waals surface area contributed by atoms with Gasteiger partial charge in [0.25, 0.3) is 15.9 Å². The van der Waals surface area contributed by atoms with Crippen LogP contribution in [0.15, 0.2) is 58.5 Å². The number of hydrogen-bond donors (Lipinski definition) is 1. The second kappa shape index (κ2) is 9.17. The summed E-state index contributed by atoms with van der Waals surface area (Å²) in [6, 6.07) is 11.3. The Kier molecular flexibility index (Phi) is 6.64. The second-order valence-corrected chi connectivity index (χ2v) is 8.94. The van der Waals surface area contributed by atoms with E-state index >= 15 is 0 Å². The lowest BCUT2D eigenvalue weighted by atomic mass is 9.99. The molecule has 8 heteroatoms. The molecular weight excluding hydrogens is 393 g/mol. The molecule has 2 aromatic carbocycles. The van der Waals surface area contributed by atoms with Crippen molar-refractivity contribution >= 4 is 27.3 Å². The van der Waals surface area contributed by atoms with Gasteiger partial charge in [0.1, 0.15) is 12.4 Å². The zero-order valence-corrected chi connectivity index (χ0v) is 17.1. The van der Waals surface area contributed by atoms with E-state index < -0.39 is 28.3 Å². The Labute approximate surface area is 170 Å². The van der Waals surface area contributed by atoms with E-state index in [9.17, 15) is 17.6 Å². The summed E-state index contributed by atoms with van der Waals surface area (Å²) in [6.07, 6.45) is 4.91. The molecule has 0 aromatic heterocycles. The number of carbonyl (C=O) groups excluding carboxylic acids is 1. The second-order valence-electron chi connectivity index (χ2n) is 7.07. The summed E-state index contributed by atoms with van der Waals surface area (Å²) in [4.78, 5) is 12.5. The maximum Gasteiger partial charge on any atom is 0.264 e. The van der Waals surface area contributed by atoms with Crippen molar-refractivity contribution in [3.8, 4) is 0 Å². The molecule has 0 spiro atoms. The molecule has 0 radical (unpaired) electrons. The molecular formula is C21H24FN3O3S. The van der Waals surface area contributed by atoms with Gasteiger partial charge in [-0.3, -0.25) is 9.10 Å². The molecule has 0 heterocycles. The summed E-state index contributed by atoms with van der Waals surface area (Å²) in [5.74, 6) is -1.04. The smallest absolute Gasteiger partial charge is 0.264 e. The van der Waals surface area contributed by atoms with Gasteiger partial charge in [-0.15, -0.1) is 0 Å². The average Bonchev–Trinajstić information content (AvgIpc) is 2.72. The van der Waals surface area contributed by atoms with E-state index in [1.54, 1.807) is 12.1 Å². The van der Waals surface area contributed by atoms with E-state index in [1.165, 1.54) is 24.3 Å². The molecule has 1 amide bonds. The van der Waals surface area contributed by atoms with Gasteiger partial charge in [-0.1, -0.05) is 24.1 Å². The van der Waals surface area contributed by atoms with Crippen molar-refractivity contribution in [1.82, 2.24) is 5.43 Å². The minimum Gasteiger partial charge on any atom is -0.271 e. The molecule has 154 valence electrons. The fourth-order valence-corrected chi connectivity index (χ4v) is 4.56. The summed E-state index contributed by atoms with van der Waals surface area (Å²) >= 11 is 0. The number of amides is 1. The van der Waals surface area contributed by atoms with Crippen LogP contribution in [-0.4, -0.2) is 26.6 Å². The van der Waals surface area contributed by atoms with Gasteiger partial charge in [-0.2, -0.15) is 5.10 Å². The summed E-state index contributed by atoms with van der Waals surface area (Å²) in [5.41, 5.74) is 4.50. The quantitative estimate of drug-likeness (QED) is 0.727. The first-order chi connectivity index (χ1) is 13.9. The topological polar surface area (TPSA) is 78.8 Å². The van der Waals surface area contributed by atoms with E-state index in [1.807, 2.05) is 6.92 Å². The molecule has 0 aliphatic heterocycles. The van der Waals surface area contributed by atoms with Crippen LogP contribution in [0.2, 0.25) is 0 Å². The monoisotopic (exact) mass is 417 g/mol. The standard InChI is InChI=1S/C21H24FN3O3S/c1-16-7-13-20(14-8-16)29(27,28)25(19-11-9-17(22)10-12-19)15-21(26)24-23-18-5-3-2-4-6-18/h7-14H,2-6,15H2,1H3,(H,24,26). The van der Waals surface area contributed by atoms with Crippen LogP contribution in [0.4, 0.5) is 10.1 Å². The first-order valence-electron chi connectivity index (χ1n) is 9.55. The summed E-state index contributed by atoms with van der Waals surface area (Å²) in [7, 11) is -4.02. The number of carbonyl (C=O) groups is 1. The SMILES string of the molecule is Cc1ccc(S(=O)(=O)N(CC(=O)NN=C2CCCCC2)c2ccc(F)cc2)cc1. The molecule has 6 nitrogen and oxygen atoms in total. The lowest BCUT2D eigenvalue weighted by Crippen LogP contribution is -2.39. The van der Waals surface area contributed by atoms with Crippen LogP contribution in [0.1, 0.15) is 37.7 Å². The van der Waals surface area contributed by atoms with Crippen molar-refractivity contribution < 1.29 is 17.6 Å². The van der Waals surface area contributed by atoms with Crippen molar-refractivity contribution in [3.05, 3.63) is 59.9 Å². The van der Waals surface area contributed by atoms with Crippen molar-refractivity contribution in [2.45, 2.75) is 43.9 Å². The molecule has 1 saturated carbocycles. The fourth-order valence-electron chi connectivity index (χ4n) is 3.14. The Morgan fingerprint density at radius 2 is 1.66 bits per heavy atom. The fraction of sp³-hybridized carbons (Fsp3) is 0.333. The molecule has 0 bridgehead atoms. The Morgan fingerprint density at radius 3 is 2.28 bits per heavy atom. The Hall–Kier alpha value is -2.74. The highest BCUT2D eigenvalue weighted by molar-refractivity contribution is 7.92. The number of nitrogens with one attached hydrogen (secondary N) is 1. The average molecular weight is 418 g/mol. The zero-order chi connectivity index (χ0) is 20.9. The Balaban J connectivity index is 1.85. The lowest BCUT2D eigenvalue weighted by Gasteiger charge is -2.24. The number of nitrogens with zero attached hydrogens (tertiary/aromatic N) is 2. The molecule has 0 saturated heterocycles. The molecule has 1 N–H and O–H groups in total. The number of hydrazone groups is 1. The van der Waals surface area contributed by atoms with E-state index in [2.05, 4.69) is 10.5 Å². The van der Waals surface area contributed by atoms with Gasteiger partial charge >= 0.3 is 0 Å². The molecule has 29 heavy (non-hydrogen) atoms. The van der Waals surface area contributed by atoms with E-state index in [-0.39, 0.29) is 10.6 Å². The van der Waals surface area contributed by atoms with Crippen molar-refractivity contribution in [2.75, 3.05) is 10.8 Å². The van der Waals surface area contributed by atoms with Gasteiger partial charge in [0.15, 0.2) is 0 Å². The summed E-state index contributed by atoms with van der Waals surface area (Å²) in [5, 5.41) is 4.15. The van der Waals surface area contributed by atoms with Crippen molar-refractivity contribution in [2.24, 2.45) is 5.10 Å². The number of anilines is 1. The van der Waals surface area contributed by atoms with Crippen LogP contribution in [0.5, 0.6) is 0 Å². The largest absolute Gasteiger partial charge is 0.271 e. The van der Waals surface area contributed by atoms with Gasteiger partial charge in [0, 0.05) is 5.71 Å². The van der Waals surface area contributed by atoms with Crippen molar-refractivity contribution in [1.29, 1.82) is 0 Å². The van der Waals surface area contributed by atoms with Gasteiger partial charge in [0.05, 0.1) is 10.6 Å². The Bertz CT molecular complexity index is 979. The van der Waals surface area contributed by atoms with Crippen LogP contribution >= 0.6 is 0 Å². The van der Waals surface area contributed by atoms with Crippen LogP contribution in [0.25, 0.3) is 0 Å². The molecule has 1 fully saturated rings. The minimum absolute atomic E-state index is 0.0545. The number of aryl methyl sites for hydroxylation is 1. The number of halogens is 1. The first kappa shape index (κ1) is 21.0. The van der Waals surface area contributed by atoms with E-state index in [0.717, 1.165) is 59.8 Å². The Morgan fingerprint density at radius 1 is 1.03 bits per heavy atom. The van der Waals surface area contributed by atoms with E-state index in [4.69, 9.17) is 0 Å². The molecule has 0 unspecified atom stereocenters. The van der Waals surface area contributed by atoms with E-state index in [0.29, 0.717) is 0 Å². The third-order valence-electron chi connectivity index (χ3n) is 4.78. The van der Waals surface area contributed by atoms with Crippen LogP contribution in [0, 0.1) is 12.7 Å². The molecule has 1 aliphatic carbocycles.